The van der Waals surface area contributed by atoms with Gasteiger partial charge in [0.25, 0.3) is 11.5 Å². The van der Waals surface area contributed by atoms with E-state index in [4.69, 9.17) is 10.5 Å². The zero-order valence-corrected chi connectivity index (χ0v) is 13.9. The lowest BCUT2D eigenvalue weighted by molar-refractivity contribution is -0.0445. The first-order chi connectivity index (χ1) is 11.9. The fourth-order valence-electron chi connectivity index (χ4n) is 2.97. The highest BCUT2D eigenvalue weighted by Gasteiger charge is 2.49. The number of carbonyl (C=O) groups excluding carboxylic acids is 1. The molecule has 25 heavy (non-hydrogen) atoms. The first-order valence-electron chi connectivity index (χ1n) is 7.89. The number of nitriles is 1. The van der Waals surface area contributed by atoms with Crippen LogP contribution in [0.1, 0.15) is 40.9 Å². The number of aromatic amines is 1. The molecule has 1 atom stereocenters. The van der Waals surface area contributed by atoms with E-state index < -0.39 is 17.2 Å². The Morgan fingerprint density at radius 3 is 2.56 bits per heavy atom. The van der Waals surface area contributed by atoms with Gasteiger partial charge in [-0.05, 0) is 5.92 Å². The Balaban J connectivity index is 2.36. The van der Waals surface area contributed by atoms with Gasteiger partial charge in [0.2, 0.25) is 0 Å². The number of anilines is 1. The van der Waals surface area contributed by atoms with Gasteiger partial charge in [-0.25, -0.2) is 0 Å². The summed E-state index contributed by atoms with van der Waals surface area (Å²) in [5, 5.41) is 12.3. The molecule has 1 aliphatic heterocycles. The Morgan fingerprint density at radius 2 is 1.96 bits per heavy atom. The SMILES string of the molecule is CC(C)COC1(c2ccccc2)NC(=O)c2c(N)[nH]c(=O)c(C#N)c21. The molecule has 1 aromatic heterocycles. The van der Waals surface area contributed by atoms with Crippen LogP contribution in [0.5, 0.6) is 0 Å². The third-order valence-corrected chi connectivity index (χ3v) is 4.04. The van der Waals surface area contributed by atoms with Crippen molar-refractivity contribution in [3.05, 3.63) is 62.9 Å². The molecule has 1 amide bonds. The number of pyridine rings is 1. The van der Waals surface area contributed by atoms with Gasteiger partial charge in [0.05, 0.1) is 12.2 Å². The van der Waals surface area contributed by atoms with Crippen LogP contribution >= 0.6 is 0 Å². The lowest BCUT2D eigenvalue weighted by Crippen LogP contribution is -2.44. The molecule has 0 aliphatic carbocycles. The number of rotatable bonds is 4. The number of ether oxygens (including phenoxy) is 1. The molecule has 0 radical (unpaired) electrons. The predicted octanol–water partition coefficient (Wildman–Crippen LogP) is 1.45. The molecule has 2 aromatic rings. The molecule has 1 aromatic carbocycles. The summed E-state index contributed by atoms with van der Waals surface area (Å²) < 4.78 is 6.10. The maximum absolute atomic E-state index is 12.6. The molecular formula is C18H18N4O3. The zero-order valence-electron chi connectivity index (χ0n) is 13.9. The summed E-state index contributed by atoms with van der Waals surface area (Å²) in [7, 11) is 0. The smallest absolute Gasteiger partial charge is 0.267 e. The number of aromatic nitrogens is 1. The molecule has 1 unspecified atom stereocenters. The monoisotopic (exact) mass is 338 g/mol. The number of nitrogens with two attached hydrogens (primary N) is 1. The van der Waals surface area contributed by atoms with E-state index >= 15 is 0 Å². The topological polar surface area (TPSA) is 121 Å². The van der Waals surface area contributed by atoms with Crippen molar-refractivity contribution in [1.29, 1.82) is 5.26 Å². The highest BCUT2D eigenvalue weighted by Crippen LogP contribution is 2.41. The molecule has 1 aliphatic rings. The number of fused-ring (bicyclic) bond motifs is 1. The van der Waals surface area contributed by atoms with Crippen LogP contribution in [-0.2, 0) is 10.5 Å². The zero-order chi connectivity index (χ0) is 18.2. The standard InChI is InChI=1S/C18H18N4O3/c1-10(2)9-25-18(11-6-4-3-5-7-11)14-12(8-19)16(23)21-15(20)13(14)17(24)22-18/h3-7,10H,9H2,1-2H3,(H,22,24)(H3,20,21,23). The number of nitrogens with one attached hydrogen (secondary N) is 2. The predicted molar refractivity (Wildman–Crippen MR) is 91.7 cm³/mol. The van der Waals surface area contributed by atoms with Crippen molar-refractivity contribution in [2.75, 3.05) is 12.3 Å². The molecule has 7 nitrogen and oxygen atoms in total. The van der Waals surface area contributed by atoms with Crippen LogP contribution in [0.15, 0.2) is 35.1 Å². The van der Waals surface area contributed by atoms with E-state index in [2.05, 4.69) is 10.3 Å². The molecule has 128 valence electrons. The molecule has 0 fully saturated rings. The number of amides is 1. The highest BCUT2D eigenvalue weighted by molar-refractivity contribution is 6.04. The number of nitrogen functional groups attached to an aromatic ring is 1. The summed E-state index contributed by atoms with van der Waals surface area (Å²) >= 11 is 0. The minimum Gasteiger partial charge on any atom is -0.385 e. The second-order valence-corrected chi connectivity index (χ2v) is 6.31. The van der Waals surface area contributed by atoms with Crippen molar-refractivity contribution in [3.63, 3.8) is 0 Å². The first-order valence-corrected chi connectivity index (χ1v) is 7.89. The maximum Gasteiger partial charge on any atom is 0.267 e. The van der Waals surface area contributed by atoms with Gasteiger partial charge in [-0.15, -0.1) is 0 Å². The Kier molecular flexibility index (Phi) is 4.07. The average molecular weight is 338 g/mol. The summed E-state index contributed by atoms with van der Waals surface area (Å²) in [5.74, 6) is -0.401. The van der Waals surface area contributed by atoms with Gasteiger partial charge in [0.1, 0.15) is 17.5 Å². The van der Waals surface area contributed by atoms with Crippen molar-refractivity contribution in [3.8, 4) is 6.07 Å². The minimum absolute atomic E-state index is 0.0729. The number of benzene rings is 1. The molecule has 0 saturated carbocycles. The van der Waals surface area contributed by atoms with Crippen LogP contribution in [0.2, 0.25) is 0 Å². The van der Waals surface area contributed by atoms with Crippen LogP contribution in [-0.4, -0.2) is 17.5 Å². The average Bonchev–Trinajstić information content (AvgIpc) is 2.88. The Labute approximate surface area is 144 Å². The number of nitrogens with zero attached hydrogens (tertiary/aromatic N) is 1. The summed E-state index contributed by atoms with van der Waals surface area (Å²) in [6.45, 7) is 4.24. The lowest BCUT2D eigenvalue weighted by atomic mass is 9.91. The summed E-state index contributed by atoms with van der Waals surface area (Å²) in [6.07, 6.45) is 0. The first kappa shape index (κ1) is 16.7. The molecule has 4 N–H and O–H groups in total. The Hall–Kier alpha value is -3.11. The van der Waals surface area contributed by atoms with Gasteiger partial charge in [-0.2, -0.15) is 5.26 Å². The Morgan fingerprint density at radius 1 is 1.28 bits per heavy atom. The fourth-order valence-corrected chi connectivity index (χ4v) is 2.97. The summed E-state index contributed by atoms with van der Waals surface area (Å²) in [4.78, 5) is 27.2. The van der Waals surface area contributed by atoms with Gasteiger partial charge in [0, 0.05) is 11.1 Å². The minimum atomic E-state index is -1.43. The number of hydrogen-bond acceptors (Lipinski definition) is 5. The van der Waals surface area contributed by atoms with E-state index in [1.54, 1.807) is 24.3 Å². The van der Waals surface area contributed by atoms with E-state index in [0.29, 0.717) is 12.2 Å². The highest BCUT2D eigenvalue weighted by atomic mass is 16.5. The quantitative estimate of drug-likeness (QED) is 0.779. The van der Waals surface area contributed by atoms with E-state index in [-0.39, 0.29) is 28.4 Å². The van der Waals surface area contributed by atoms with Crippen molar-refractivity contribution in [1.82, 2.24) is 10.3 Å². The second kappa shape index (κ2) is 6.07. The summed E-state index contributed by atoms with van der Waals surface area (Å²) in [6, 6.07) is 10.8. The maximum atomic E-state index is 12.6. The van der Waals surface area contributed by atoms with Gasteiger partial charge in [0.15, 0.2) is 5.72 Å². The van der Waals surface area contributed by atoms with E-state index in [0.717, 1.165) is 0 Å². The van der Waals surface area contributed by atoms with Gasteiger partial charge in [-0.1, -0.05) is 44.2 Å². The molecule has 3 rings (SSSR count). The number of carbonyl (C=O) groups is 1. The van der Waals surface area contributed by atoms with Crippen molar-refractivity contribution in [2.24, 2.45) is 5.92 Å². The van der Waals surface area contributed by atoms with E-state index in [1.807, 2.05) is 26.0 Å². The number of H-pyrrole nitrogens is 1. The van der Waals surface area contributed by atoms with Gasteiger partial charge < -0.3 is 20.8 Å². The largest absolute Gasteiger partial charge is 0.385 e. The molecular weight excluding hydrogens is 320 g/mol. The van der Waals surface area contributed by atoms with Crippen LogP contribution in [0.3, 0.4) is 0 Å². The number of hydrogen-bond donors (Lipinski definition) is 3. The summed E-state index contributed by atoms with van der Waals surface area (Å²) in [5.41, 5.74) is 4.46. The third kappa shape index (κ3) is 2.57. The normalized spacial score (nSPS) is 18.7. The third-order valence-electron chi connectivity index (χ3n) is 4.04. The van der Waals surface area contributed by atoms with Gasteiger partial charge >= 0.3 is 0 Å². The van der Waals surface area contributed by atoms with Crippen LogP contribution in [0, 0.1) is 17.2 Å². The molecule has 0 bridgehead atoms. The Bertz CT molecular complexity index is 928. The van der Waals surface area contributed by atoms with E-state index in [1.165, 1.54) is 0 Å². The van der Waals surface area contributed by atoms with Crippen molar-refractivity contribution in [2.45, 2.75) is 19.6 Å². The van der Waals surface area contributed by atoms with Crippen molar-refractivity contribution < 1.29 is 9.53 Å². The van der Waals surface area contributed by atoms with Gasteiger partial charge in [-0.3, -0.25) is 9.59 Å². The molecule has 2 heterocycles. The molecule has 7 heteroatoms. The van der Waals surface area contributed by atoms with Crippen LogP contribution < -0.4 is 16.6 Å². The second-order valence-electron chi connectivity index (χ2n) is 6.31. The fraction of sp³-hybridized carbons (Fsp3) is 0.278. The molecule has 0 saturated heterocycles. The van der Waals surface area contributed by atoms with Crippen molar-refractivity contribution >= 4 is 11.7 Å². The lowest BCUT2D eigenvalue weighted by Gasteiger charge is -2.32. The van der Waals surface area contributed by atoms with E-state index in [9.17, 15) is 14.9 Å². The van der Waals surface area contributed by atoms with Crippen LogP contribution in [0.25, 0.3) is 0 Å². The molecule has 0 spiro atoms. The van der Waals surface area contributed by atoms with Crippen LogP contribution in [0.4, 0.5) is 5.82 Å².